The highest BCUT2D eigenvalue weighted by Gasteiger charge is 2.60. The van der Waals surface area contributed by atoms with Crippen molar-refractivity contribution in [2.75, 3.05) is 0 Å². The van der Waals surface area contributed by atoms with Crippen LogP contribution in [0.25, 0.3) is 0 Å². The first kappa shape index (κ1) is 45.0. The molecule has 1 fully saturated rings. The summed E-state index contributed by atoms with van der Waals surface area (Å²) in [6.07, 6.45) is 56.0. The van der Waals surface area contributed by atoms with Crippen LogP contribution in [0.2, 0.25) is 5.82 Å². The van der Waals surface area contributed by atoms with Gasteiger partial charge in [0.15, 0.2) is 0 Å². The minimum Gasteiger partial charge on any atom is -0.342 e. The Kier molecular flexibility index (Phi) is 10.9. The minimum atomic E-state index is 0.159. The fourth-order valence-corrected chi connectivity index (χ4v) is 15.6. The Bertz CT molecular complexity index is 2610. The van der Waals surface area contributed by atoms with Crippen molar-refractivity contribution >= 4 is 6.71 Å². The minimum absolute atomic E-state index is 0.159. The molecule has 0 spiro atoms. The highest BCUT2D eigenvalue weighted by molar-refractivity contribution is 6.78. The highest BCUT2D eigenvalue weighted by Crippen LogP contribution is 2.64. The topological polar surface area (TPSA) is 9.72 Å². The first-order valence-corrected chi connectivity index (χ1v) is 27.8. The Hall–Kier alpha value is -4.18. The van der Waals surface area contributed by atoms with Crippen molar-refractivity contribution in [2.45, 2.75) is 183 Å². The van der Waals surface area contributed by atoms with Crippen LogP contribution in [0.4, 0.5) is 0 Å². The summed E-state index contributed by atoms with van der Waals surface area (Å²) in [5.74, 6) is 3.02. The Labute approximate surface area is 412 Å². The second-order valence-corrected chi connectivity index (χ2v) is 26.5. The van der Waals surface area contributed by atoms with E-state index in [0.717, 1.165) is 38.5 Å². The fourth-order valence-electron chi connectivity index (χ4n) is 15.6. The van der Waals surface area contributed by atoms with Crippen molar-refractivity contribution < 1.29 is 0 Å². The van der Waals surface area contributed by atoms with Gasteiger partial charge in [0, 0.05) is 58.5 Å². The Morgan fingerprint density at radius 1 is 0.691 bits per heavy atom. The highest BCUT2D eigenvalue weighted by atomic mass is 15.3. The van der Waals surface area contributed by atoms with Crippen LogP contribution in [0.5, 0.6) is 0 Å². The molecule has 3 nitrogen and oxygen atoms in total. The van der Waals surface area contributed by atoms with E-state index in [1.54, 1.807) is 61.6 Å². The lowest BCUT2D eigenvalue weighted by Gasteiger charge is -2.58. The third-order valence-electron chi connectivity index (χ3n) is 19.2. The van der Waals surface area contributed by atoms with Crippen LogP contribution in [-0.2, 0) is 0 Å². The number of hydrogen-bond donors (Lipinski definition) is 0. The maximum absolute atomic E-state index is 3.06. The van der Waals surface area contributed by atoms with E-state index in [9.17, 15) is 0 Å². The molecule has 9 atom stereocenters. The van der Waals surface area contributed by atoms with Crippen molar-refractivity contribution in [3.8, 4) is 0 Å². The van der Waals surface area contributed by atoms with Gasteiger partial charge in [-0.3, -0.25) is 0 Å². The fraction of sp³-hybridized carbons (Fsp3) is 0.562. The molecular weight excluding hydrogens is 822 g/mol. The summed E-state index contributed by atoms with van der Waals surface area (Å²) in [4.78, 5) is 8.89. The molecule has 3 aliphatic heterocycles. The molecule has 9 unspecified atom stereocenters. The van der Waals surface area contributed by atoms with Crippen LogP contribution in [0, 0.1) is 45.8 Å². The third-order valence-corrected chi connectivity index (χ3v) is 19.2. The van der Waals surface area contributed by atoms with Gasteiger partial charge < -0.3 is 14.7 Å². The zero-order valence-electron chi connectivity index (χ0n) is 43.7. The molecule has 12 rings (SSSR count). The van der Waals surface area contributed by atoms with Crippen LogP contribution in [0.3, 0.4) is 0 Å². The lowest BCUT2D eigenvalue weighted by Crippen LogP contribution is -2.58. The second-order valence-electron chi connectivity index (χ2n) is 26.5. The average Bonchev–Trinajstić information content (AvgIpc) is 3.85. The number of allylic oxidation sites excluding steroid dienone is 19. The van der Waals surface area contributed by atoms with E-state index in [0.29, 0.717) is 60.2 Å². The first-order chi connectivity index (χ1) is 32.5. The Morgan fingerprint density at radius 3 is 2.21 bits per heavy atom. The molecular formula is C64H82BN3. The van der Waals surface area contributed by atoms with Crippen LogP contribution >= 0.6 is 0 Å². The Morgan fingerprint density at radius 2 is 1.49 bits per heavy atom. The van der Waals surface area contributed by atoms with Crippen LogP contribution in [-0.4, -0.2) is 39.5 Å². The van der Waals surface area contributed by atoms with E-state index in [1.807, 2.05) is 0 Å². The van der Waals surface area contributed by atoms with Gasteiger partial charge in [0.05, 0.1) is 12.1 Å². The monoisotopic (exact) mass is 904 g/mol. The van der Waals surface area contributed by atoms with E-state index >= 15 is 0 Å². The summed E-state index contributed by atoms with van der Waals surface area (Å²) in [6, 6.07) is 1.18. The van der Waals surface area contributed by atoms with E-state index in [2.05, 4.69) is 175 Å². The largest absolute Gasteiger partial charge is 0.342 e. The maximum Gasteiger partial charge on any atom is 0.220 e. The van der Waals surface area contributed by atoms with Crippen molar-refractivity contribution in [2.24, 2.45) is 45.8 Å². The second kappa shape index (κ2) is 16.4. The van der Waals surface area contributed by atoms with Gasteiger partial charge in [-0.05, 0) is 163 Å². The standard InChI is InChI=1S/C64H82BN3/c1-40-35-57-60-58(36-40)68-56-37-42-19-14-15-20-49(42)59(56)50-21-16-22-53(61(50)68)65(60)52-33-32-48(39-55(52)67(57)54-34-27-45(64(8,9)10)38-51(54)41-17-12-11-13-18-41)66(46-28-23-43(24-29-46)62(2,3)4)47-30-25-44(26-31-47)63(5,6)7/h12,17-20,22-23,25,28-30,32,35,38-40,43-44,47,50-52,54,61H,11,13-16,21,24,26-27,31,33-34,36-37H2,1-10H3. The van der Waals surface area contributed by atoms with Crippen molar-refractivity contribution in [3.05, 3.63) is 164 Å². The van der Waals surface area contributed by atoms with E-state index in [1.165, 1.54) is 62.8 Å². The van der Waals surface area contributed by atoms with Gasteiger partial charge in [0.25, 0.3) is 0 Å². The molecule has 0 N–H and O–H groups in total. The number of nitrogens with zero attached hydrogens (tertiary/aromatic N) is 3. The summed E-state index contributed by atoms with van der Waals surface area (Å²) in [7, 11) is 0. The molecule has 1 saturated heterocycles. The molecule has 0 aromatic carbocycles. The van der Waals surface area contributed by atoms with Crippen molar-refractivity contribution in [1.29, 1.82) is 0 Å². The molecule has 0 aromatic heterocycles. The molecule has 68 heavy (non-hydrogen) atoms. The van der Waals surface area contributed by atoms with Gasteiger partial charge in [-0.1, -0.05) is 159 Å². The SMILES string of the molecule is CC1C=C2C3=C(C1)N1C4=C(C5=CCCC=C5C4)C4CCC=C(B3C3CC=C(N(C5=CCC(C(C)(C)C)C=C5)C5C=CC(C(C)(C)C)CC5)C=C3N2C2CCC(C(C)(C)C)=CC2C2=CCCC=C2)C41. The zero-order chi connectivity index (χ0) is 47.0. The van der Waals surface area contributed by atoms with Crippen molar-refractivity contribution in [3.63, 3.8) is 0 Å². The van der Waals surface area contributed by atoms with E-state index < -0.39 is 0 Å². The van der Waals surface area contributed by atoms with Gasteiger partial charge >= 0.3 is 0 Å². The normalized spacial score (nSPS) is 34.1. The van der Waals surface area contributed by atoms with Gasteiger partial charge in [0.2, 0.25) is 6.71 Å². The molecule has 356 valence electrons. The van der Waals surface area contributed by atoms with Gasteiger partial charge in [-0.25, -0.2) is 0 Å². The maximum atomic E-state index is 3.06. The molecule has 0 aromatic rings. The summed E-state index contributed by atoms with van der Waals surface area (Å²) in [6.45, 7) is 24.9. The van der Waals surface area contributed by atoms with Crippen molar-refractivity contribution in [1.82, 2.24) is 14.7 Å². The summed E-state index contributed by atoms with van der Waals surface area (Å²) >= 11 is 0. The molecule has 4 heteroatoms. The third kappa shape index (κ3) is 7.32. The van der Waals surface area contributed by atoms with Crippen LogP contribution in [0.1, 0.15) is 159 Å². The van der Waals surface area contributed by atoms with E-state index in [-0.39, 0.29) is 16.2 Å². The molecule has 0 radical (unpaired) electrons. The molecule has 0 amide bonds. The number of hydrogen-bond acceptors (Lipinski definition) is 3. The Balaban J connectivity index is 1.04. The smallest absolute Gasteiger partial charge is 0.220 e. The summed E-state index contributed by atoms with van der Waals surface area (Å²) in [5, 5.41) is 0. The van der Waals surface area contributed by atoms with Gasteiger partial charge in [-0.15, -0.1) is 0 Å². The lowest BCUT2D eigenvalue weighted by atomic mass is 9.26. The van der Waals surface area contributed by atoms with Gasteiger partial charge in [-0.2, -0.15) is 0 Å². The molecule has 12 aliphatic rings. The average molecular weight is 904 g/mol. The van der Waals surface area contributed by atoms with Gasteiger partial charge in [0.1, 0.15) is 0 Å². The van der Waals surface area contributed by atoms with E-state index in [4.69, 9.17) is 0 Å². The number of rotatable bonds is 5. The summed E-state index contributed by atoms with van der Waals surface area (Å²) < 4.78 is 0. The lowest BCUT2D eigenvalue weighted by molar-refractivity contribution is 0.219. The molecule has 0 saturated carbocycles. The van der Waals surface area contributed by atoms with Crippen LogP contribution < -0.4 is 0 Å². The summed E-state index contributed by atoms with van der Waals surface area (Å²) in [5.41, 5.74) is 21.8. The predicted octanol–water partition coefficient (Wildman–Crippen LogP) is 16.1. The molecule has 9 aliphatic carbocycles. The molecule has 0 bridgehead atoms. The van der Waals surface area contributed by atoms with Crippen LogP contribution in [0.15, 0.2) is 164 Å². The predicted molar refractivity (Wildman–Crippen MR) is 287 cm³/mol. The number of fused-ring (bicyclic) bond motifs is 8. The zero-order valence-corrected chi connectivity index (χ0v) is 43.7. The quantitative estimate of drug-likeness (QED) is 0.201. The molecule has 3 heterocycles. The first-order valence-electron chi connectivity index (χ1n) is 27.8.